The number of carbonyl (C=O) groups excluding carboxylic acids is 2. The van der Waals surface area contributed by atoms with Crippen LogP contribution in [-0.4, -0.2) is 29.3 Å². The first-order valence-corrected chi connectivity index (χ1v) is 8.07. The predicted molar refractivity (Wildman–Crippen MR) is 80.8 cm³/mol. The zero-order valence-electron chi connectivity index (χ0n) is 11.3. The van der Waals surface area contributed by atoms with E-state index in [2.05, 4.69) is 0 Å². The molecule has 0 aromatic carbocycles. The molecule has 0 bridgehead atoms. The minimum Gasteiger partial charge on any atom is -0.370 e. The number of aryl methyl sites for hydroxylation is 1. The van der Waals surface area contributed by atoms with Crippen LogP contribution in [0.2, 0.25) is 4.34 Å². The summed E-state index contributed by atoms with van der Waals surface area (Å²) < 4.78 is 0.747. The number of nitrogens with zero attached hydrogens (tertiary/aromatic N) is 1. The summed E-state index contributed by atoms with van der Waals surface area (Å²) in [6, 6.07) is 3.79. The highest BCUT2D eigenvalue weighted by Gasteiger charge is 2.27. The van der Waals surface area contributed by atoms with Crippen LogP contribution in [0.5, 0.6) is 0 Å². The predicted octanol–water partition coefficient (Wildman–Crippen LogP) is 2.59. The van der Waals surface area contributed by atoms with Crippen LogP contribution >= 0.6 is 22.9 Å². The number of likely N-dealkylation sites (tertiary alicyclic amines) is 1. The Hall–Kier alpha value is -1.07. The normalized spacial score (nSPS) is 19.1. The Morgan fingerprint density at radius 2 is 2.20 bits per heavy atom. The standard InChI is InChI=1S/C14H19ClN2O2S/c15-12-6-4-11(20-12)5-7-14(19)17-8-2-1-3-10(17)9-13(16)18/h4,6,10H,1-3,5,7-9H2,(H2,16,18)/t10-/m0/s1. The van der Waals surface area contributed by atoms with E-state index >= 15 is 0 Å². The smallest absolute Gasteiger partial charge is 0.223 e. The van der Waals surface area contributed by atoms with Gasteiger partial charge in [0.2, 0.25) is 11.8 Å². The highest BCUT2D eigenvalue weighted by Crippen LogP contribution is 2.24. The van der Waals surface area contributed by atoms with E-state index in [-0.39, 0.29) is 24.3 Å². The van der Waals surface area contributed by atoms with Crippen LogP contribution in [0.15, 0.2) is 12.1 Å². The summed E-state index contributed by atoms with van der Waals surface area (Å²) in [6.45, 7) is 0.738. The molecule has 1 aliphatic heterocycles. The van der Waals surface area contributed by atoms with Crippen molar-refractivity contribution in [1.82, 2.24) is 4.90 Å². The molecular weight excluding hydrogens is 296 g/mol. The third-order valence-corrected chi connectivity index (χ3v) is 4.89. The molecule has 0 radical (unpaired) electrons. The molecule has 2 amide bonds. The molecule has 0 spiro atoms. The molecule has 4 nitrogen and oxygen atoms in total. The number of carbonyl (C=O) groups is 2. The Morgan fingerprint density at radius 1 is 1.40 bits per heavy atom. The number of amides is 2. The van der Waals surface area contributed by atoms with E-state index in [1.165, 1.54) is 11.3 Å². The van der Waals surface area contributed by atoms with Gasteiger partial charge >= 0.3 is 0 Å². The second-order valence-electron chi connectivity index (χ2n) is 5.11. The Morgan fingerprint density at radius 3 is 2.85 bits per heavy atom. The first kappa shape index (κ1) is 15.3. The number of nitrogens with two attached hydrogens (primary N) is 1. The summed E-state index contributed by atoms with van der Waals surface area (Å²) in [6.07, 6.45) is 4.38. The maximum atomic E-state index is 12.3. The van der Waals surface area contributed by atoms with E-state index in [9.17, 15) is 9.59 Å². The Labute approximate surface area is 127 Å². The molecule has 2 rings (SSSR count). The summed E-state index contributed by atoms with van der Waals surface area (Å²) in [5, 5.41) is 0. The molecule has 1 aromatic rings. The summed E-state index contributed by atoms with van der Waals surface area (Å²) in [4.78, 5) is 26.4. The van der Waals surface area contributed by atoms with Crippen molar-refractivity contribution in [2.45, 2.75) is 44.6 Å². The van der Waals surface area contributed by atoms with Gasteiger partial charge in [0.15, 0.2) is 0 Å². The molecule has 2 N–H and O–H groups in total. The first-order chi connectivity index (χ1) is 9.56. The minimum absolute atomic E-state index is 0.0133. The average molecular weight is 315 g/mol. The molecule has 110 valence electrons. The molecule has 1 saturated heterocycles. The van der Waals surface area contributed by atoms with Crippen molar-refractivity contribution in [2.24, 2.45) is 5.73 Å². The van der Waals surface area contributed by atoms with Gasteiger partial charge in [0.05, 0.1) is 4.34 Å². The van der Waals surface area contributed by atoms with Crippen molar-refractivity contribution in [1.29, 1.82) is 0 Å². The maximum absolute atomic E-state index is 12.3. The van der Waals surface area contributed by atoms with Crippen LogP contribution in [0.4, 0.5) is 0 Å². The number of hydrogen-bond donors (Lipinski definition) is 1. The van der Waals surface area contributed by atoms with Crippen LogP contribution in [0.3, 0.4) is 0 Å². The van der Waals surface area contributed by atoms with Gasteiger partial charge in [-0.15, -0.1) is 11.3 Å². The van der Waals surface area contributed by atoms with E-state index in [4.69, 9.17) is 17.3 Å². The quantitative estimate of drug-likeness (QED) is 0.908. The lowest BCUT2D eigenvalue weighted by Gasteiger charge is -2.35. The van der Waals surface area contributed by atoms with Gasteiger partial charge < -0.3 is 10.6 Å². The second-order valence-corrected chi connectivity index (χ2v) is 6.91. The topological polar surface area (TPSA) is 63.4 Å². The average Bonchev–Trinajstić information content (AvgIpc) is 2.82. The van der Waals surface area contributed by atoms with E-state index in [0.29, 0.717) is 12.8 Å². The maximum Gasteiger partial charge on any atom is 0.223 e. The van der Waals surface area contributed by atoms with Crippen LogP contribution in [0, 0.1) is 0 Å². The van der Waals surface area contributed by atoms with Gasteiger partial charge in [-0.25, -0.2) is 0 Å². The molecule has 1 aromatic heterocycles. The lowest BCUT2D eigenvalue weighted by atomic mass is 9.98. The lowest BCUT2D eigenvalue weighted by Crippen LogP contribution is -2.45. The van der Waals surface area contributed by atoms with E-state index < -0.39 is 0 Å². The van der Waals surface area contributed by atoms with Gasteiger partial charge in [-0.2, -0.15) is 0 Å². The number of rotatable bonds is 5. The van der Waals surface area contributed by atoms with Crippen molar-refractivity contribution in [3.63, 3.8) is 0 Å². The van der Waals surface area contributed by atoms with Crippen LogP contribution in [-0.2, 0) is 16.0 Å². The Bertz CT molecular complexity index is 489. The largest absolute Gasteiger partial charge is 0.370 e. The fraction of sp³-hybridized carbons (Fsp3) is 0.571. The van der Waals surface area contributed by atoms with Crippen LogP contribution in [0.25, 0.3) is 0 Å². The van der Waals surface area contributed by atoms with Crippen LogP contribution in [0.1, 0.15) is 37.0 Å². The van der Waals surface area contributed by atoms with Gasteiger partial charge in [-0.3, -0.25) is 9.59 Å². The SMILES string of the molecule is NC(=O)C[C@@H]1CCCCN1C(=O)CCc1ccc(Cl)s1. The van der Waals surface area contributed by atoms with E-state index in [1.807, 2.05) is 17.0 Å². The Kier molecular flexibility index (Phi) is 5.43. The number of piperidine rings is 1. The molecule has 1 fully saturated rings. The van der Waals surface area contributed by atoms with Gasteiger partial charge in [0, 0.05) is 30.3 Å². The van der Waals surface area contributed by atoms with E-state index in [1.54, 1.807) is 0 Å². The molecular formula is C14H19ClN2O2S. The van der Waals surface area contributed by atoms with Crippen molar-refractivity contribution in [3.05, 3.63) is 21.3 Å². The fourth-order valence-electron chi connectivity index (χ4n) is 2.63. The van der Waals surface area contributed by atoms with Gasteiger partial charge in [0.25, 0.3) is 0 Å². The molecule has 0 saturated carbocycles. The molecule has 0 aliphatic carbocycles. The molecule has 6 heteroatoms. The molecule has 1 atom stereocenters. The summed E-state index contributed by atoms with van der Waals surface area (Å²) >= 11 is 7.39. The zero-order valence-corrected chi connectivity index (χ0v) is 12.9. The van der Waals surface area contributed by atoms with Crippen molar-refractivity contribution in [2.75, 3.05) is 6.54 Å². The second kappa shape index (κ2) is 7.09. The van der Waals surface area contributed by atoms with Gasteiger partial charge in [-0.1, -0.05) is 11.6 Å². The number of halogens is 1. The molecule has 20 heavy (non-hydrogen) atoms. The first-order valence-electron chi connectivity index (χ1n) is 6.88. The lowest BCUT2D eigenvalue weighted by molar-refractivity contribution is -0.135. The third-order valence-electron chi connectivity index (χ3n) is 3.60. The number of primary amides is 1. The van der Waals surface area contributed by atoms with E-state index in [0.717, 1.165) is 35.0 Å². The summed E-state index contributed by atoms with van der Waals surface area (Å²) in [5.74, 6) is -0.222. The number of thiophene rings is 1. The zero-order chi connectivity index (χ0) is 14.5. The summed E-state index contributed by atoms with van der Waals surface area (Å²) in [7, 11) is 0. The van der Waals surface area contributed by atoms with Crippen molar-refractivity contribution in [3.8, 4) is 0 Å². The van der Waals surface area contributed by atoms with Crippen molar-refractivity contribution < 1.29 is 9.59 Å². The molecule has 0 unspecified atom stereocenters. The van der Waals surface area contributed by atoms with Crippen LogP contribution < -0.4 is 5.73 Å². The van der Waals surface area contributed by atoms with Crippen molar-refractivity contribution >= 4 is 34.8 Å². The molecule has 2 heterocycles. The summed E-state index contributed by atoms with van der Waals surface area (Å²) in [5.41, 5.74) is 5.26. The monoisotopic (exact) mass is 314 g/mol. The molecule has 1 aliphatic rings. The Balaban J connectivity index is 1.90. The fourth-order valence-corrected chi connectivity index (χ4v) is 3.72. The van der Waals surface area contributed by atoms with Gasteiger partial charge in [-0.05, 0) is 37.8 Å². The highest BCUT2D eigenvalue weighted by molar-refractivity contribution is 7.16. The minimum atomic E-state index is -0.334. The van der Waals surface area contributed by atoms with Gasteiger partial charge in [0.1, 0.15) is 0 Å². The third kappa shape index (κ3) is 4.21. The highest BCUT2D eigenvalue weighted by atomic mass is 35.5. The number of hydrogen-bond acceptors (Lipinski definition) is 3.